The van der Waals surface area contributed by atoms with Crippen LogP contribution in [0.4, 0.5) is 0 Å². The summed E-state index contributed by atoms with van der Waals surface area (Å²) >= 11 is 0. The number of aryl methyl sites for hydroxylation is 4. The van der Waals surface area contributed by atoms with Gasteiger partial charge in [-0.2, -0.15) is 4.98 Å². The van der Waals surface area contributed by atoms with Crippen LogP contribution in [0, 0.1) is 27.7 Å². The van der Waals surface area contributed by atoms with Gasteiger partial charge in [-0.1, -0.05) is 23.8 Å². The molecule has 24 heavy (non-hydrogen) atoms. The number of carbonyl (C=O) groups excluding carboxylic acids is 1. The zero-order chi connectivity index (χ0) is 17.4. The number of rotatable bonds is 3. The molecule has 1 unspecified atom stereocenters. The topological polar surface area (TPSA) is 72.2 Å². The van der Waals surface area contributed by atoms with Crippen LogP contribution in [0.2, 0.25) is 0 Å². The Hall–Kier alpha value is -2.76. The SMILES string of the molecule is Cc1ccc(C)c(C(C)NC(=O)c2nc3nc(C)cc(C)n3n2)c1. The average Bonchev–Trinajstić information content (AvgIpc) is 2.94. The first-order chi connectivity index (χ1) is 11.3. The standard InChI is InChI=1S/C18H21N5O/c1-10-6-7-11(2)15(8-10)14(5)20-17(24)16-21-18-19-12(3)9-13(4)23(18)22-16/h6-9,14H,1-5H3,(H,20,24). The monoisotopic (exact) mass is 323 g/mol. The van der Waals surface area contributed by atoms with E-state index in [0.29, 0.717) is 5.78 Å². The minimum Gasteiger partial charge on any atom is -0.343 e. The molecule has 3 rings (SSSR count). The zero-order valence-corrected chi connectivity index (χ0v) is 14.6. The summed E-state index contributed by atoms with van der Waals surface area (Å²) in [7, 11) is 0. The second kappa shape index (κ2) is 6.03. The molecule has 0 aliphatic rings. The fourth-order valence-electron chi connectivity index (χ4n) is 2.83. The van der Waals surface area contributed by atoms with E-state index in [-0.39, 0.29) is 17.8 Å². The number of amides is 1. The molecular weight excluding hydrogens is 302 g/mol. The molecule has 6 nitrogen and oxygen atoms in total. The number of nitrogens with zero attached hydrogens (tertiary/aromatic N) is 4. The predicted octanol–water partition coefficient (Wildman–Crippen LogP) is 2.85. The maximum Gasteiger partial charge on any atom is 0.291 e. The van der Waals surface area contributed by atoms with Gasteiger partial charge in [0.2, 0.25) is 5.82 Å². The largest absolute Gasteiger partial charge is 0.343 e. The number of hydrogen-bond acceptors (Lipinski definition) is 4. The van der Waals surface area contributed by atoms with Gasteiger partial charge in [0, 0.05) is 11.4 Å². The minimum atomic E-state index is -0.300. The van der Waals surface area contributed by atoms with E-state index in [1.54, 1.807) is 4.52 Å². The number of aromatic nitrogens is 4. The summed E-state index contributed by atoms with van der Waals surface area (Å²) in [5.74, 6) is 0.274. The van der Waals surface area contributed by atoms with Crippen LogP contribution in [-0.2, 0) is 0 Å². The molecule has 0 saturated carbocycles. The lowest BCUT2D eigenvalue weighted by Crippen LogP contribution is -2.28. The van der Waals surface area contributed by atoms with Crippen molar-refractivity contribution in [2.24, 2.45) is 0 Å². The Kier molecular flexibility index (Phi) is 4.05. The van der Waals surface area contributed by atoms with Gasteiger partial charge in [-0.15, -0.1) is 5.10 Å². The smallest absolute Gasteiger partial charge is 0.291 e. The third kappa shape index (κ3) is 2.99. The van der Waals surface area contributed by atoms with Gasteiger partial charge in [0.25, 0.3) is 11.7 Å². The highest BCUT2D eigenvalue weighted by Crippen LogP contribution is 2.19. The molecule has 1 amide bonds. The number of benzene rings is 1. The summed E-state index contributed by atoms with van der Waals surface area (Å²) in [5, 5.41) is 7.24. The fraction of sp³-hybridized carbons (Fsp3) is 0.333. The maximum atomic E-state index is 12.5. The molecule has 1 N–H and O–H groups in total. The quantitative estimate of drug-likeness (QED) is 0.804. The highest BCUT2D eigenvalue weighted by atomic mass is 16.2. The second-order valence-corrected chi connectivity index (χ2v) is 6.24. The molecule has 1 atom stereocenters. The Labute approximate surface area is 141 Å². The van der Waals surface area contributed by atoms with E-state index in [1.165, 1.54) is 0 Å². The normalized spacial score (nSPS) is 12.4. The first-order valence-electron chi connectivity index (χ1n) is 7.94. The lowest BCUT2D eigenvalue weighted by atomic mass is 10.00. The van der Waals surface area contributed by atoms with Gasteiger partial charge in [0.05, 0.1) is 6.04 Å². The highest BCUT2D eigenvalue weighted by Gasteiger charge is 2.18. The van der Waals surface area contributed by atoms with Crippen LogP contribution in [0.3, 0.4) is 0 Å². The van der Waals surface area contributed by atoms with E-state index in [1.807, 2.05) is 40.7 Å². The van der Waals surface area contributed by atoms with Crippen LogP contribution in [0.15, 0.2) is 24.3 Å². The third-order valence-electron chi connectivity index (χ3n) is 4.07. The number of hydrogen-bond donors (Lipinski definition) is 1. The van der Waals surface area contributed by atoms with Crippen molar-refractivity contribution in [3.63, 3.8) is 0 Å². The average molecular weight is 323 g/mol. The van der Waals surface area contributed by atoms with Crippen molar-refractivity contribution in [2.75, 3.05) is 0 Å². The fourth-order valence-corrected chi connectivity index (χ4v) is 2.83. The molecular formula is C18H21N5O. The van der Waals surface area contributed by atoms with E-state index in [9.17, 15) is 4.79 Å². The molecule has 2 aromatic heterocycles. The molecule has 0 aliphatic heterocycles. The van der Waals surface area contributed by atoms with Crippen LogP contribution in [0.25, 0.3) is 5.78 Å². The molecule has 1 aromatic carbocycles. The zero-order valence-electron chi connectivity index (χ0n) is 14.6. The third-order valence-corrected chi connectivity index (χ3v) is 4.07. The molecule has 6 heteroatoms. The second-order valence-electron chi connectivity index (χ2n) is 6.24. The highest BCUT2D eigenvalue weighted by molar-refractivity contribution is 5.91. The summed E-state index contributed by atoms with van der Waals surface area (Å²) in [6.07, 6.45) is 0. The van der Waals surface area contributed by atoms with E-state index >= 15 is 0 Å². The molecule has 0 radical (unpaired) electrons. The van der Waals surface area contributed by atoms with Crippen LogP contribution >= 0.6 is 0 Å². The van der Waals surface area contributed by atoms with Crippen molar-refractivity contribution in [1.29, 1.82) is 0 Å². The summed E-state index contributed by atoms with van der Waals surface area (Å²) in [4.78, 5) is 21.1. The molecule has 0 fully saturated rings. The molecule has 124 valence electrons. The van der Waals surface area contributed by atoms with Crippen molar-refractivity contribution < 1.29 is 4.79 Å². The summed E-state index contributed by atoms with van der Waals surface area (Å²) in [6.45, 7) is 9.85. The number of nitrogens with one attached hydrogen (secondary N) is 1. The Morgan fingerprint density at radius 2 is 1.88 bits per heavy atom. The molecule has 2 heterocycles. The predicted molar refractivity (Wildman–Crippen MR) is 92.1 cm³/mol. The van der Waals surface area contributed by atoms with Gasteiger partial charge in [-0.05, 0) is 51.8 Å². The lowest BCUT2D eigenvalue weighted by Gasteiger charge is -2.16. The van der Waals surface area contributed by atoms with E-state index in [2.05, 4.69) is 38.6 Å². The van der Waals surface area contributed by atoms with Crippen LogP contribution in [0.1, 0.15) is 51.7 Å². The summed E-state index contributed by atoms with van der Waals surface area (Å²) in [6, 6.07) is 7.99. The van der Waals surface area contributed by atoms with Gasteiger partial charge in [0.15, 0.2) is 0 Å². The van der Waals surface area contributed by atoms with Crippen LogP contribution in [0.5, 0.6) is 0 Å². The summed E-state index contributed by atoms with van der Waals surface area (Å²) < 4.78 is 1.59. The number of fused-ring (bicyclic) bond motifs is 1. The van der Waals surface area contributed by atoms with Gasteiger partial charge >= 0.3 is 0 Å². The first kappa shape index (κ1) is 16.1. The maximum absolute atomic E-state index is 12.5. The number of carbonyl (C=O) groups is 1. The van der Waals surface area contributed by atoms with Crippen LogP contribution < -0.4 is 5.32 Å². The molecule has 0 bridgehead atoms. The molecule has 3 aromatic rings. The molecule has 0 spiro atoms. The van der Waals surface area contributed by atoms with Crippen LogP contribution in [-0.4, -0.2) is 25.5 Å². The Morgan fingerprint density at radius 1 is 1.12 bits per heavy atom. The Morgan fingerprint density at radius 3 is 2.62 bits per heavy atom. The van der Waals surface area contributed by atoms with E-state index in [0.717, 1.165) is 28.1 Å². The van der Waals surface area contributed by atoms with Crippen molar-refractivity contribution in [3.05, 3.63) is 58.2 Å². The van der Waals surface area contributed by atoms with Gasteiger partial charge in [0.1, 0.15) is 0 Å². The Balaban J connectivity index is 1.87. The van der Waals surface area contributed by atoms with Crippen molar-refractivity contribution in [3.8, 4) is 0 Å². The van der Waals surface area contributed by atoms with Gasteiger partial charge in [-0.3, -0.25) is 4.79 Å². The molecule has 0 aliphatic carbocycles. The first-order valence-corrected chi connectivity index (χ1v) is 7.94. The van der Waals surface area contributed by atoms with Crippen molar-refractivity contribution in [2.45, 2.75) is 40.7 Å². The van der Waals surface area contributed by atoms with E-state index in [4.69, 9.17) is 0 Å². The van der Waals surface area contributed by atoms with Gasteiger partial charge < -0.3 is 5.32 Å². The van der Waals surface area contributed by atoms with Gasteiger partial charge in [-0.25, -0.2) is 9.50 Å². The van der Waals surface area contributed by atoms with Crippen molar-refractivity contribution in [1.82, 2.24) is 24.9 Å². The lowest BCUT2D eigenvalue weighted by molar-refractivity contribution is 0.0929. The summed E-state index contributed by atoms with van der Waals surface area (Å²) in [5.41, 5.74) is 5.15. The minimum absolute atomic E-state index is 0.125. The van der Waals surface area contributed by atoms with E-state index < -0.39 is 0 Å². The van der Waals surface area contributed by atoms with Crippen molar-refractivity contribution >= 4 is 11.7 Å². The molecule has 0 saturated heterocycles. The Bertz CT molecular complexity index is 929.